The molecule has 0 spiro atoms. The van der Waals surface area contributed by atoms with Crippen molar-refractivity contribution in [1.29, 1.82) is 0 Å². The Morgan fingerprint density at radius 3 is 1.29 bits per heavy atom. The number of fused-ring (bicyclic) bond motifs is 4. The predicted octanol–water partition coefficient (Wildman–Crippen LogP) is 10.6. The lowest BCUT2D eigenvalue weighted by Crippen LogP contribution is -2.50. The molecular weight excluding hydrogens is 1360 g/mol. The summed E-state index contributed by atoms with van der Waals surface area (Å²) in [5, 5.41) is 25.8. The summed E-state index contributed by atoms with van der Waals surface area (Å²) in [6.45, 7) is 14.2. The van der Waals surface area contributed by atoms with Gasteiger partial charge in [0.05, 0.1) is 35.6 Å². The number of anilines is 2. The van der Waals surface area contributed by atoms with Crippen LogP contribution in [0.2, 0.25) is 0 Å². The van der Waals surface area contributed by atoms with E-state index in [1.54, 1.807) is 44.2 Å². The number of carbonyl (C=O) groups is 4. The number of pyridine rings is 2. The molecule has 3 aliphatic rings. The van der Waals surface area contributed by atoms with Crippen molar-refractivity contribution in [3.05, 3.63) is 164 Å². The van der Waals surface area contributed by atoms with Gasteiger partial charge in [0.1, 0.15) is 11.5 Å². The highest BCUT2D eigenvalue weighted by atomic mass is 32.1. The second kappa shape index (κ2) is 36.3. The van der Waals surface area contributed by atoms with Crippen LogP contribution in [0, 0.1) is 0 Å². The van der Waals surface area contributed by atoms with Gasteiger partial charge in [-0.25, -0.2) is 0 Å². The number of benzene rings is 4. The van der Waals surface area contributed by atoms with Crippen LogP contribution in [0.3, 0.4) is 0 Å². The van der Waals surface area contributed by atoms with Gasteiger partial charge in [0.2, 0.25) is 11.8 Å². The molecule has 0 bridgehead atoms. The molecule has 0 N–H and O–H groups in total. The normalized spacial score (nSPS) is 14.7. The lowest BCUT2D eigenvalue weighted by Gasteiger charge is -2.36. The van der Waals surface area contributed by atoms with Crippen LogP contribution in [0.5, 0.6) is 11.5 Å². The Bertz CT molecular complexity index is 4350. The number of amides is 2. The SMILES string of the molecule is O=C(CCCc1cn(CCCCC(=O)N2CCN(C(=O)CCCCn3cc(CCCC(=O)OCn4c(=O)ccc5ccc(OCCCCN6CCN(c7cccc8sccc78)CC6)cc54)nn3)CC2)nn1)OCn1c(=O)ccc2ccc(OCCCCN3CCN(c4cccc5sccc45)CC3)cc21. The van der Waals surface area contributed by atoms with Gasteiger partial charge < -0.3 is 38.5 Å². The topological polar surface area (TPSA) is 230 Å². The highest BCUT2D eigenvalue weighted by Gasteiger charge is 2.25. The number of hydrogen-bond acceptors (Lipinski definition) is 20. The standard InChI is InChI=1S/C78H94N14O10S2/c93-73(19-1-3-35-89-55-61(79-81-89)13-9-21-77(97)101-57-91-69-53-63(27-23-59(69)25-29-75(91)95)99-49-7-5-33-83-37-41-85(42-38-83)67-15-11-17-71-65(67)31-51-103-71)87-45-47-88(48-46-87)74(94)20-2-4-36-90-56-62(80-82-90)14-10-22-78(98)102-58-92-70-54-64(28-24-60(70)26-30-76(92)96)100-50-8-6-34-84-39-43-86(44-40-84)68-16-12-18-72-66(68)32-52-104-72/h11-12,15-18,23-32,51-56H,1-10,13-14,19-22,33-50,57-58H2. The molecule has 0 atom stereocenters. The van der Waals surface area contributed by atoms with Crippen molar-refractivity contribution in [2.45, 2.75) is 129 Å². The molecule has 24 nitrogen and oxygen atoms in total. The maximum atomic E-state index is 13.2. The minimum Gasteiger partial charge on any atom is -0.494 e. The van der Waals surface area contributed by atoms with E-state index in [0.29, 0.717) is 126 Å². The molecule has 13 rings (SSSR count). The van der Waals surface area contributed by atoms with Crippen molar-refractivity contribution in [3.63, 3.8) is 0 Å². The fourth-order valence-corrected chi connectivity index (χ4v) is 15.8. The number of hydrogen-bond donors (Lipinski definition) is 0. The van der Waals surface area contributed by atoms with Crippen LogP contribution in [0.25, 0.3) is 42.0 Å². The van der Waals surface area contributed by atoms with Crippen LogP contribution in [-0.2, 0) is 68.0 Å². The van der Waals surface area contributed by atoms with Gasteiger partial charge in [0.15, 0.2) is 13.5 Å². The monoisotopic (exact) mass is 1450 g/mol. The molecule has 10 aromatic rings. The van der Waals surface area contributed by atoms with Gasteiger partial charge in [-0.05, 0) is 184 Å². The van der Waals surface area contributed by atoms with E-state index in [-0.39, 0.29) is 49.2 Å². The van der Waals surface area contributed by atoms with E-state index in [1.807, 2.05) is 58.6 Å². The number of carbonyl (C=O) groups excluding carboxylic acids is 4. The highest BCUT2D eigenvalue weighted by molar-refractivity contribution is 7.17. The summed E-state index contributed by atoms with van der Waals surface area (Å²) in [6, 6.07) is 35.5. The summed E-state index contributed by atoms with van der Waals surface area (Å²) in [7, 11) is 0. The van der Waals surface area contributed by atoms with Gasteiger partial charge in [-0.2, -0.15) is 0 Å². The second-order valence-electron chi connectivity index (χ2n) is 27.2. The van der Waals surface area contributed by atoms with Gasteiger partial charge in [0, 0.05) is 186 Å². The van der Waals surface area contributed by atoms with E-state index in [0.717, 1.165) is 126 Å². The Labute approximate surface area is 613 Å². The number of unbranched alkanes of at least 4 members (excludes halogenated alkanes) is 4. The Hall–Kier alpha value is -9.50. The molecule has 6 aromatic heterocycles. The van der Waals surface area contributed by atoms with Crippen LogP contribution in [0.4, 0.5) is 11.4 Å². The number of piperazine rings is 3. The van der Waals surface area contributed by atoms with Gasteiger partial charge in [-0.3, -0.25) is 57.1 Å². The molecule has 3 fully saturated rings. The maximum Gasteiger partial charge on any atom is 0.307 e. The van der Waals surface area contributed by atoms with Crippen molar-refractivity contribution in [2.24, 2.45) is 0 Å². The second-order valence-corrected chi connectivity index (χ2v) is 29.1. The smallest absolute Gasteiger partial charge is 0.307 e. The quantitative estimate of drug-likeness (QED) is 0.0262. The van der Waals surface area contributed by atoms with Crippen LogP contribution < -0.4 is 30.4 Å². The molecule has 548 valence electrons. The number of ether oxygens (including phenoxy) is 4. The van der Waals surface area contributed by atoms with Crippen LogP contribution in [0.1, 0.15) is 101 Å². The Morgan fingerprint density at radius 2 is 0.846 bits per heavy atom. The Kier molecular flexibility index (Phi) is 25.4. The largest absolute Gasteiger partial charge is 0.494 e. The van der Waals surface area contributed by atoms with Crippen molar-refractivity contribution in [3.8, 4) is 11.5 Å². The maximum absolute atomic E-state index is 13.2. The third kappa shape index (κ3) is 19.7. The minimum absolute atomic E-state index is 0.0809. The third-order valence-corrected chi connectivity index (χ3v) is 21.9. The number of aryl methyl sites for hydroxylation is 4. The average Bonchev–Trinajstić information content (AvgIpc) is 1.67. The first-order valence-electron chi connectivity index (χ1n) is 37.0. The van der Waals surface area contributed by atoms with Crippen molar-refractivity contribution >= 4 is 99.8 Å². The zero-order valence-electron chi connectivity index (χ0n) is 59.3. The van der Waals surface area contributed by atoms with Crippen LogP contribution in [0.15, 0.2) is 142 Å². The van der Waals surface area contributed by atoms with Gasteiger partial charge in [0.25, 0.3) is 11.1 Å². The number of aromatic nitrogens is 8. The first-order chi connectivity index (χ1) is 51.0. The van der Waals surface area contributed by atoms with E-state index < -0.39 is 11.9 Å². The fourth-order valence-electron chi connectivity index (χ4n) is 14.2. The summed E-state index contributed by atoms with van der Waals surface area (Å²) in [6.07, 6.45) is 13.7. The van der Waals surface area contributed by atoms with E-state index in [9.17, 15) is 28.8 Å². The Morgan fingerprint density at radius 1 is 0.423 bits per heavy atom. The molecule has 0 unspecified atom stereocenters. The summed E-state index contributed by atoms with van der Waals surface area (Å²) in [5.41, 5.74) is 4.93. The lowest BCUT2D eigenvalue weighted by molar-refractivity contribution is -0.148. The van der Waals surface area contributed by atoms with Crippen LogP contribution in [-0.4, -0.2) is 187 Å². The fraction of sp³-hybridized carbons (Fsp3) is 0.462. The lowest BCUT2D eigenvalue weighted by atomic mass is 10.2. The van der Waals surface area contributed by atoms with E-state index in [2.05, 4.69) is 99.5 Å². The first kappa shape index (κ1) is 72.8. The summed E-state index contributed by atoms with van der Waals surface area (Å²) < 4.78 is 32.7. The van der Waals surface area contributed by atoms with E-state index in [1.165, 1.54) is 52.8 Å². The first-order valence-corrected chi connectivity index (χ1v) is 38.8. The Balaban J connectivity index is 0.437. The third-order valence-electron chi connectivity index (χ3n) is 20.1. The molecule has 0 radical (unpaired) electrons. The molecule has 26 heteroatoms. The van der Waals surface area contributed by atoms with Crippen molar-refractivity contribution < 1.29 is 38.1 Å². The minimum atomic E-state index is -0.411. The molecule has 0 saturated carbocycles. The number of thiophene rings is 2. The van der Waals surface area contributed by atoms with Crippen molar-refractivity contribution in [2.75, 3.05) is 115 Å². The van der Waals surface area contributed by atoms with Gasteiger partial charge in [-0.1, -0.05) is 22.6 Å². The zero-order chi connectivity index (χ0) is 71.4. The van der Waals surface area contributed by atoms with E-state index >= 15 is 0 Å². The molecule has 104 heavy (non-hydrogen) atoms. The summed E-state index contributed by atoms with van der Waals surface area (Å²) in [5.74, 6) is 0.667. The number of nitrogens with zero attached hydrogens (tertiary/aromatic N) is 14. The molecule has 9 heterocycles. The van der Waals surface area contributed by atoms with E-state index in [4.69, 9.17) is 18.9 Å². The average molecular weight is 1450 g/mol. The molecule has 3 aliphatic heterocycles. The number of esters is 2. The van der Waals surface area contributed by atoms with Crippen molar-refractivity contribution in [1.82, 2.24) is 58.7 Å². The zero-order valence-corrected chi connectivity index (χ0v) is 61.0. The molecule has 4 aromatic carbocycles. The van der Waals surface area contributed by atoms with Gasteiger partial charge >= 0.3 is 11.9 Å². The van der Waals surface area contributed by atoms with Crippen LogP contribution >= 0.6 is 22.7 Å². The molecule has 2 amide bonds. The highest BCUT2D eigenvalue weighted by Crippen LogP contribution is 2.33. The molecular formula is C78H94N14O10S2. The summed E-state index contributed by atoms with van der Waals surface area (Å²) in [4.78, 5) is 92.0. The molecule has 3 saturated heterocycles. The number of rotatable bonds is 36. The molecule has 0 aliphatic carbocycles. The predicted molar refractivity (Wildman–Crippen MR) is 406 cm³/mol. The summed E-state index contributed by atoms with van der Waals surface area (Å²) >= 11 is 3.58. The van der Waals surface area contributed by atoms with Gasteiger partial charge in [-0.15, -0.1) is 32.9 Å².